The first-order valence-electron chi connectivity index (χ1n) is 3.42. The lowest BCUT2D eigenvalue weighted by Gasteiger charge is -2.25. The van der Waals surface area contributed by atoms with E-state index in [0.29, 0.717) is 6.04 Å². The van der Waals surface area contributed by atoms with Gasteiger partial charge in [0.2, 0.25) is 0 Å². The third-order valence-electron chi connectivity index (χ3n) is 1.77. The summed E-state index contributed by atoms with van der Waals surface area (Å²) in [5.74, 6) is 5.04. The molecule has 3 N–H and O–H groups in total. The molecule has 70 valence electrons. The van der Waals surface area contributed by atoms with Crippen molar-refractivity contribution < 1.29 is 4.84 Å². The Morgan fingerprint density at radius 3 is 2.45 bits per heavy atom. The average molecular weight is 203 g/mol. The molecule has 1 saturated heterocycles. The van der Waals surface area contributed by atoms with Crippen molar-refractivity contribution in [3.63, 3.8) is 0 Å². The molecule has 1 heterocycles. The Kier molecular flexibility index (Phi) is 9.08. The molecule has 5 heteroatoms. The molecule has 0 aromatic carbocycles. The highest BCUT2D eigenvalue weighted by Gasteiger charge is 2.17. The van der Waals surface area contributed by atoms with E-state index in [4.69, 9.17) is 10.7 Å². The van der Waals surface area contributed by atoms with E-state index in [-0.39, 0.29) is 30.9 Å². The second-order valence-electron chi connectivity index (χ2n) is 2.64. The Balaban J connectivity index is 0. The van der Waals surface area contributed by atoms with Crippen molar-refractivity contribution in [2.75, 3.05) is 6.54 Å². The summed E-state index contributed by atoms with van der Waals surface area (Å²) in [7, 11) is 0. The molecule has 11 heavy (non-hydrogen) atoms. The van der Waals surface area contributed by atoms with Crippen LogP contribution in [0.15, 0.2) is 0 Å². The van der Waals surface area contributed by atoms with E-state index in [9.17, 15) is 0 Å². The molecule has 1 aliphatic heterocycles. The molecule has 0 radical (unpaired) electrons. The number of halogens is 2. The monoisotopic (exact) mass is 202 g/mol. The van der Waals surface area contributed by atoms with Crippen molar-refractivity contribution in [3.05, 3.63) is 0 Å². The van der Waals surface area contributed by atoms with Crippen molar-refractivity contribution in [1.82, 2.24) is 5.32 Å². The normalized spacial score (nSPS) is 30.0. The zero-order chi connectivity index (χ0) is 6.69. The molecule has 0 spiro atoms. The minimum Gasteiger partial charge on any atom is -0.314 e. The summed E-state index contributed by atoms with van der Waals surface area (Å²) in [6.45, 7) is 3.17. The van der Waals surface area contributed by atoms with Crippen LogP contribution in [-0.2, 0) is 4.84 Å². The van der Waals surface area contributed by atoms with Gasteiger partial charge in [-0.2, -0.15) is 0 Å². The van der Waals surface area contributed by atoms with Crippen molar-refractivity contribution in [2.24, 2.45) is 5.90 Å². The van der Waals surface area contributed by atoms with E-state index in [0.717, 1.165) is 19.4 Å². The fourth-order valence-corrected chi connectivity index (χ4v) is 1.21. The van der Waals surface area contributed by atoms with Crippen molar-refractivity contribution in [3.8, 4) is 0 Å². The SMILES string of the molecule is C[C@@H]1C[C@@H](ON)CCN1.Cl.Cl. The Labute approximate surface area is 79.8 Å². The molecule has 0 amide bonds. The maximum absolute atomic E-state index is 5.04. The van der Waals surface area contributed by atoms with Crippen LogP contribution in [0.3, 0.4) is 0 Å². The van der Waals surface area contributed by atoms with Gasteiger partial charge in [-0.25, -0.2) is 5.90 Å². The molecule has 3 nitrogen and oxygen atoms in total. The van der Waals surface area contributed by atoms with Gasteiger partial charge >= 0.3 is 0 Å². The maximum Gasteiger partial charge on any atom is 0.0814 e. The van der Waals surface area contributed by atoms with Crippen LogP contribution in [0.2, 0.25) is 0 Å². The Morgan fingerprint density at radius 1 is 1.45 bits per heavy atom. The van der Waals surface area contributed by atoms with Crippen molar-refractivity contribution in [1.29, 1.82) is 0 Å². The summed E-state index contributed by atoms with van der Waals surface area (Å²) in [6.07, 6.45) is 2.36. The Hall–Kier alpha value is 0.460. The van der Waals surface area contributed by atoms with Crippen molar-refractivity contribution in [2.45, 2.75) is 31.9 Å². The second-order valence-corrected chi connectivity index (χ2v) is 2.64. The minimum absolute atomic E-state index is 0. The van der Waals surface area contributed by atoms with E-state index in [1.807, 2.05) is 0 Å². The second kappa shape index (κ2) is 7.13. The smallest absolute Gasteiger partial charge is 0.0814 e. The first-order valence-corrected chi connectivity index (χ1v) is 3.42. The van der Waals surface area contributed by atoms with Crippen LogP contribution in [0.5, 0.6) is 0 Å². The lowest BCUT2D eigenvalue weighted by atomic mass is 10.0. The zero-order valence-corrected chi connectivity index (χ0v) is 8.21. The van der Waals surface area contributed by atoms with Gasteiger partial charge in [0.05, 0.1) is 6.10 Å². The zero-order valence-electron chi connectivity index (χ0n) is 6.58. The highest BCUT2D eigenvalue weighted by Crippen LogP contribution is 2.09. The summed E-state index contributed by atoms with van der Waals surface area (Å²) in [5, 5.41) is 3.31. The molecule has 0 aromatic rings. The third kappa shape index (κ3) is 4.82. The van der Waals surface area contributed by atoms with Crippen LogP contribution in [0, 0.1) is 0 Å². The first kappa shape index (κ1) is 14.0. The maximum atomic E-state index is 5.04. The molecule has 0 bridgehead atoms. The van der Waals surface area contributed by atoms with Crippen LogP contribution in [0.4, 0.5) is 0 Å². The van der Waals surface area contributed by atoms with Crippen molar-refractivity contribution >= 4 is 24.8 Å². The number of piperidine rings is 1. The third-order valence-corrected chi connectivity index (χ3v) is 1.77. The number of hydrogen-bond acceptors (Lipinski definition) is 3. The van der Waals surface area contributed by atoms with Gasteiger partial charge in [-0.3, -0.25) is 0 Å². The fraction of sp³-hybridized carbons (Fsp3) is 1.00. The standard InChI is InChI=1S/C6H14N2O.2ClH/c1-5-4-6(9-7)2-3-8-5;;/h5-6,8H,2-4,7H2,1H3;2*1H/t5-,6+;;/m1../s1. The van der Waals surface area contributed by atoms with E-state index >= 15 is 0 Å². The van der Waals surface area contributed by atoms with Gasteiger partial charge in [-0.15, -0.1) is 24.8 Å². The number of rotatable bonds is 1. The lowest BCUT2D eigenvalue weighted by Crippen LogP contribution is -2.40. The molecule has 0 unspecified atom stereocenters. The molecule has 1 fully saturated rings. The topological polar surface area (TPSA) is 47.3 Å². The first-order chi connectivity index (χ1) is 4.33. The van der Waals surface area contributed by atoms with Gasteiger partial charge in [0.1, 0.15) is 0 Å². The van der Waals surface area contributed by atoms with Gasteiger partial charge in [0.15, 0.2) is 0 Å². The van der Waals surface area contributed by atoms with Gasteiger partial charge in [-0.05, 0) is 26.3 Å². The highest BCUT2D eigenvalue weighted by molar-refractivity contribution is 5.85. The molecule has 0 aliphatic carbocycles. The summed E-state index contributed by atoms with van der Waals surface area (Å²) in [5.41, 5.74) is 0. The van der Waals surface area contributed by atoms with E-state index in [1.54, 1.807) is 0 Å². The molecule has 1 aliphatic rings. The van der Waals surface area contributed by atoms with Crippen LogP contribution in [0.1, 0.15) is 19.8 Å². The molecular formula is C6H16Cl2N2O. The van der Waals surface area contributed by atoms with Crippen LogP contribution < -0.4 is 11.2 Å². The van der Waals surface area contributed by atoms with E-state index in [1.165, 1.54) is 0 Å². The van der Waals surface area contributed by atoms with Crippen LogP contribution >= 0.6 is 24.8 Å². The minimum atomic E-state index is 0. The van der Waals surface area contributed by atoms with Gasteiger partial charge in [0.25, 0.3) is 0 Å². The number of nitrogens with two attached hydrogens (primary N) is 1. The van der Waals surface area contributed by atoms with Gasteiger partial charge in [-0.1, -0.05) is 0 Å². The predicted molar refractivity (Wildman–Crippen MR) is 50.3 cm³/mol. The molecule has 0 saturated carbocycles. The summed E-state index contributed by atoms with van der Waals surface area (Å²) in [4.78, 5) is 4.72. The molecule has 2 atom stereocenters. The molecular weight excluding hydrogens is 187 g/mol. The number of nitrogens with one attached hydrogen (secondary N) is 1. The summed E-state index contributed by atoms with van der Waals surface area (Å²) >= 11 is 0. The van der Waals surface area contributed by atoms with E-state index in [2.05, 4.69) is 12.2 Å². The largest absolute Gasteiger partial charge is 0.314 e. The summed E-state index contributed by atoms with van der Waals surface area (Å²) in [6, 6.07) is 0.562. The quantitative estimate of drug-likeness (QED) is 0.621. The highest BCUT2D eigenvalue weighted by atomic mass is 35.5. The van der Waals surface area contributed by atoms with Gasteiger partial charge < -0.3 is 10.2 Å². The predicted octanol–water partition coefficient (Wildman–Crippen LogP) is 0.861. The average Bonchev–Trinajstić information content (AvgIpc) is 1.88. The van der Waals surface area contributed by atoms with Gasteiger partial charge in [0, 0.05) is 6.04 Å². The Bertz CT molecular complexity index is 94.7. The van der Waals surface area contributed by atoms with Crippen LogP contribution in [-0.4, -0.2) is 18.7 Å². The lowest BCUT2D eigenvalue weighted by molar-refractivity contribution is 0.0233. The van der Waals surface area contributed by atoms with E-state index < -0.39 is 0 Å². The molecule has 0 aromatic heterocycles. The summed E-state index contributed by atoms with van der Waals surface area (Å²) < 4.78 is 0. The van der Waals surface area contributed by atoms with Crippen LogP contribution in [0.25, 0.3) is 0 Å². The Morgan fingerprint density at radius 2 is 2.09 bits per heavy atom. The number of hydrogen-bond donors (Lipinski definition) is 2. The molecule has 1 rings (SSSR count). The fourth-order valence-electron chi connectivity index (χ4n) is 1.21.